The molecule has 15 heavy (non-hydrogen) atoms. The summed E-state index contributed by atoms with van der Waals surface area (Å²) in [4.78, 5) is 11.5. The smallest absolute Gasteiger partial charge is 0.149 e. The van der Waals surface area contributed by atoms with Gasteiger partial charge in [-0.2, -0.15) is 0 Å². The molecule has 0 saturated heterocycles. The molecule has 1 aromatic carbocycles. The lowest BCUT2D eigenvalue weighted by atomic mass is 10.0. The Bertz CT molecular complexity index is 321. The van der Waals surface area contributed by atoms with Crippen molar-refractivity contribution in [1.82, 2.24) is 0 Å². The van der Waals surface area contributed by atoms with E-state index in [1.165, 1.54) is 0 Å². The third kappa shape index (κ3) is 4.02. The minimum atomic E-state index is -0.383. The van der Waals surface area contributed by atoms with Gasteiger partial charge in [0.1, 0.15) is 5.78 Å². The molecule has 82 valence electrons. The van der Waals surface area contributed by atoms with Gasteiger partial charge in [0.05, 0.1) is 6.04 Å². The van der Waals surface area contributed by atoms with Crippen LogP contribution in [0, 0.1) is 0 Å². The lowest BCUT2D eigenvalue weighted by Crippen LogP contribution is -2.32. The summed E-state index contributed by atoms with van der Waals surface area (Å²) in [5.74, 6) is 0.132. The monoisotopic (exact) mass is 225 g/mol. The van der Waals surface area contributed by atoms with E-state index in [4.69, 9.17) is 17.3 Å². The Labute approximate surface area is 95.4 Å². The maximum absolute atomic E-state index is 11.5. The number of nitrogens with two attached hydrogens (primary N) is 1. The lowest BCUT2D eigenvalue weighted by Gasteiger charge is -2.09. The molecule has 1 aromatic rings. The molecule has 0 aliphatic rings. The predicted molar refractivity (Wildman–Crippen MR) is 63.0 cm³/mol. The molecule has 3 heteroatoms. The molecule has 2 nitrogen and oxygen atoms in total. The highest BCUT2D eigenvalue weighted by Crippen LogP contribution is 2.11. The van der Waals surface area contributed by atoms with E-state index < -0.39 is 0 Å². The molecule has 0 radical (unpaired) electrons. The molecule has 0 aliphatic carbocycles. The zero-order valence-electron chi connectivity index (χ0n) is 8.87. The molecule has 0 heterocycles. The van der Waals surface area contributed by atoms with E-state index in [1.54, 1.807) is 0 Å². The Kier molecular flexibility index (Phi) is 4.79. The second-order valence-electron chi connectivity index (χ2n) is 3.65. The van der Waals surface area contributed by atoms with E-state index in [2.05, 4.69) is 0 Å². The third-order valence-electron chi connectivity index (χ3n) is 2.28. The summed E-state index contributed by atoms with van der Waals surface area (Å²) in [7, 11) is 0. The Morgan fingerprint density at radius 3 is 2.53 bits per heavy atom. The Hall–Kier alpha value is -0.860. The van der Waals surface area contributed by atoms with Gasteiger partial charge in [-0.25, -0.2) is 0 Å². The molecule has 0 bridgehead atoms. The van der Waals surface area contributed by atoms with Gasteiger partial charge >= 0.3 is 0 Å². The molecule has 0 unspecified atom stereocenters. The first-order valence-electron chi connectivity index (χ1n) is 5.16. The fraction of sp³-hybridized carbons (Fsp3) is 0.417. The van der Waals surface area contributed by atoms with Gasteiger partial charge < -0.3 is 5.73 Å². The van der Waals surface area contributed by atoms with Crippen LogP contribution in [0.3, 0.4) is 0 Å². The van der Waals surface area contributed by atoms with Crippen molar-refractivity contribution in [2.75, 3.05) is 0 Å². The molecule has 0 fully saturated rings. The van der Waals surface area contributed by atoms with Crippen molar-refractivity contribution in [3.8, 4) is 0 Å². The number of carbonyl (C=O) groups is 1. The predicted octanol–water partition coefficient (Wildman–Crippen LogP) is 2.58. The van der Waals surface area contributed by atoms with Crippen molar-refractivity contribution in [3.63, 3.8) is 0 Å². The maximum atomic E-state index is 11.5. The minimum absolute atomic E-state index is 0.132. The third-order valence-corrected chi connectivity index (χ3v) is 2.53. The summed E-state index contributed by atoms with van der Waals surface area (Å²) in [6.45, 7) is 1.98. The standard InChI is InChI=1S/C12H16ClNO/c1-2-3-12(15)11(14)8-9-4-6-10(13)7-5-9/h4-7,11H,2-3,8,14H2,1H3/t11-/m0/s1. The van der Waals surface area contributed by atoms with Crippen LogP contribution >= 0.6 is 11.6 Å². The Morgan fingerprint density at radius 1 is 1.40 bits per heavy atom. The molecule has 1 atom stereocenters. The van der Waals surface area contributed by atoms with Crippen molar-refractivity contribution < 1.29 is 4.79 Å². The summed E-state index contributed by atoms with van der Waals surface area (Å²) in [5, 5.41) is 0.701. The van der Waals surface area contributed by atoms with Gasteiger partial charge in [0.2, 0.25) is 0 Å². The molecule has 2 N–H and O–H groups in total. The molecule has 0 aliphatic heterocycles. The normalized spacial score (nSPS) is 12.5. The number of rotatable bonds is 5. The molecular formula is C12H16ClNO. The first kappa shape index (κ1) is 12.2. The van der Waals surface area contributed by atoms with Crippen LogP contribution < -0.4 is 5.73 Å². The number of hydrogen-bond donors (Lipinski definition) is 1. The van der Waals surface area contributed by atoms with Crippen molar-refractivity contribution in [1.29, 1.82) is 0 Å². The zero-order chi connectivity index (χ0) is 11.3. The fourth-order valence-electron chi connectivity index (χ4n) is 1.42. The second kappa shape index (κ2) is 5.89. The van der Waals surface area contributed by atoms with Crippen LogP contribution in [0.4, 0.5) is 0 Å². The highest BCUT2D eigenvalue weighted by Gasteiger charge is 2.12. The van der Waals surface area contributed by atoms with Crippen LogP contribution in [0.25, 0.3) is 0 Å². The summed E-state index contributed by atoms with van der Waals surface area (Å²) < 4.78 is 0. The van der Waals surface area contributed by atoms with Gasteiger partial charge in [0, 0.05) is 11.4 Å². The Morgan fingerprint density at radius 2 is 2.00 bits per heavy atom. The Balaban J connectivity index is 2.54. The SMILES string of the molecule is CCCC(=O)[C@@H](N)Cc1ccc(Cl)cc1. The quantitative estimate of drug-likeness (QED) is 0.837. The summed E-state index contributed by atoms with van der Waals surface area (Å²) >= 11 is 5.76. The average molecular weight is 226 g/mol. The highest BCUT2D eigenvalue weighted by molar-refractivity contribution is 6.30. The fourth-order valence-corrected chi connectivity index (χ4v) is 1.55. The van der Waals surface area contributed by atoms with E-state index in [9.17, 15) is 4.79 Å². The van der Waals surface area contributed by atoms with Crippen molar-refractivity contribution >= 4 is 17.4 Å². The summed E-state index contributed by atoms with van der Waals surface area (Å²) in [6, 6.07) is 7.05. The van der Waals surface area contributed by atoms with Crippen LogP contribution in [0.15, 0.2) is 24.3 Å². The van der Waals surface area contributed by atoms with E-state index in [0.717, 1.165) is 12.0 Å². The molecular weight excluding hydrogens is 210 g/mol. The van der Waals surface area contributed by atoms with Crippen LogP contribution in [0.5, 0.6) is 0 Å². The van der Waals surface area contributed by atoms with Gasteiger partial charge in [-0.05, 0) is 30.5 Å². The van der Waals surface area contributed by atoms with Gasteiger partial charge in [0.15, 0.2) is 0 Å². The summed E-state index contributed by atoms with van der Waals surface area (Å²) in [5.41, 5.74) is 6.84. The second-order valence-corrected chi connectivity index (χ2v) is 4.09. The topological polar surface area (TPSA) is 43.1 Å². The van der Waals surface area contributed by atoms with Gasteiger partial charge in [-0.1, -0.05) is 30.7 Å². The molecule has 0 spiro atoms. The summed E-state index contributed by atoms with van der Waals surface area (Å²) in [6.07, 6.45) is 2.01. The van der Waals surface area contributed by atoms with Gasteiger partial charge in [-0.3, -0.25) is 4.79 Å². The van der Waals surface area contributed by atoms with Crippen molar-refractivity contribution in [3.05, 3.63) is 34.9 Å². The number of hydrogen-bond acceptors (Lipinski definition) is 2. The first-order valence-corrected chi connectivity index (χ1v) is 5.54. The van der Waals surface area contributed by atoms with Crippen LogP contribution in [0.2, 0.25) is 5.02 Å². The first-order chi connectivity index (χ1) is 7.13. The lowest BCUT2D eigenvalue weighted by molar-refractivity contribution is -0.120. The van der Waals surface area contributed by atoms with Crippen LogP contribution in [-0.4, -0.2) is 11.8 Å². The van der Waals surface area contributed by atoms with Crippen LogP contribution in [-0.2, 0) is 11.2 Å². The van der Waals surface area contributed by atoms with Crippen LogP contribution in [0.1, 0.15) is 25.3 Å². The number of Topliss-reactive ketones (excluding diaryl/α,β-unsaturated/α-hetero) is 1. The van der Waals surface area contributed by atoms with E-state index >= 15 is 0 Å². The zero-order valence-corrected chi connectivity index (χ0v) is 9.63. The largest absolute Gasteiger partial charge is 0.321 e. The molecule has 0 aromatic heterocycles. The number of carbonyl (C=O) groups excluding carboxylic acids is 1. The highest BCUT2D eigenvalue weighted by atomic mass is 35.5. The number of ketones is 1. The van der Waals surface area contributed by atoms with E-state index in [0.29, 0.717) is 17.9 Å². The van der Waals surface area contributed by atoms with Crippen molar-refractivity contribution in [2.24, 2.45) is 5.73 Å². The minimum Gasteiger partial charge on any atom is -0.321 e. The van der Waals surface area contributed by atoms with Gasteiger partial charge in [-0.15, -0.1) is 0 Å². The van der Waals surface area contributed by atoms with Crippen molar-refractivity contribution in [2.45, 2.75) is 32.2 Å². The molecule has 0 saturated carbocycles. The number of benzene rings is 1. The number of halogens is 1. The van der Waals surface area contributed by atoms with Gasteiger partial charge in [0.25, 0.3) is 0 Å². The van der Waals surface area contributed by atoms with E-state index in [1.807, 2.05) is 31.2 Å². The molecule has 0 amide bonds. The van der Waals surface area contributed by atoms with E-state index in [-0.39, 0.29) is 11.8 Å². The maximum Gasteiger partial charge on any atom is 0.149 e. The average Bonchev–Trinajstić information content (AvgIpc) is 2.22. The molecule has 1 rings (SSSR count).